The molecule has 4 heteroatoms. The fourth-order valence-electron chi connectivity index (χ4n) is 2.27. The van der Waals surface area contributed by atoms with Crippen molar-refractivity contribution in [3.63, 3.8) is 0 Å². The van der Waals surface area contributed by atoms with Crippen molar-refractivity contribution in [3.8, 4) is 6.07 Å². The van der Waals surface area contributed by atoms with Crippen LogP contribution in [0.2, 0.25) is 0 Å². The first-order valence-corrected chi connectivity index (χ1v) is 7.47. The second-order valence-corrected chi connectivity index (χ2v) is 5.68. The van der Waals surface area contributed by atoms with Crippen LogP contribution in [-0.2, 0) is 13.1 Å². The molecule has 0 atom stereocenters. The van der Waals surface area contributed by atoms with Crippen molar-refractivity contribution < 1.29 is 0 Å². The molecule has 100 valence electrons. The molecule has 3 rings (SSSR count). The zero-order valence-corrected chi connectivity index (χ0v) is 11.9. The molecule has 0 saturated heterocycles. The molecule has 2 heterocycles. The molecule has 3 nitrogen and oxygen atoms in total. The van der Waals surface area contributed by atoms with E-state index in [0.29, 0.717) is 5.56 Å². The van der Waals surface area contributed by atoms with Gasteiger partial charge in [0.05, 0.1) is 11.6 Å². The summed E-state index contributed by atoms with van der Waals surface area (Å²) in [6.45, 7) is 2.74. The molecule has 20 heavy (non-hydrogen) atoms. The molecule has 0 aliphatic rings. The van der Waals surface area contributed by atoms with E-state index in [4.69, 9.17) is 5.26 Å². The Kier molecular flexibility index (Phi) is 3.82. The topological polar surface area (TPSA) is 40.8 Å². The average Bonchev–Trinajstić information content (AvgIpc) is 3.13. The predicted molar refractivity (Wildman–Crippen MR) is 82.7 cm³/mol. The van der Waals surface area contributed by atoms with E-state index in [9.17, 15) is 0 Å². The number of nitrogens with one attached hydrogen (secondary N) is 1. The standard InChI is InChI=1S/C16H15N3S/c17-11-13-3-4-14-5-7-19(16(14)10-13)8-6-18-12-15-2-1-9-20-15/h1-5,7,9-10,18H,6,8,12H2. The van der Waals surface area contributed by atoms with Crippen LogP contribution in [0.5, 0.6) is 0 Å². The lowest BCUT2D eigenvalue weighted by atomic mass is 10.2. The fraction of sp³-hybridized carbons (Fsp3) is 0.188. The van der Waals surface area contributed by atoms with Crippen LogP contribution in [0.4, 0.5) is 0 Å². The SMILES string of the molecule is N#Cc1ccc2ccn(CCNCc3cccs3)c2c1. The third-order valence-electron chi connectivity index (χ3n) is 3.31. The zero-order valence-electron chi connectivity index (χ0n) is 11.0. The van der Waals surface area contributed by atoms with Crippen LogP contribution in [0, 0.1) is 11.3 Å². The van der Waals surface area contributed by atoms with Crippen molar-refractivity contribution >= 4 is 22.2 Å². The predicted octanol–water partition coefficient (Wildman–Crippen LogP) is 3.36. The summed E-state index contributed by atoms with van der Waals surface area (Å²) in [7, 11) is 0. The van der Waals surface area contributed by atoms with Crippen LogP contribution in [0.25, 0.3) is 10.9 Å². The van der Waals surface area contributed by atoms with Crippen LogP contribution in [0.3, 0.4) is 0 Å². The van der Waals surface area contributed by atoms with E-state index in [2.05, 4.69) is 45.7 Å². The highest BCUT2D eigenvalue weighted by atomic mass is 32.1. The maximum atomic E-state index is 8.97. The highest BCUT2D eigenvalue weighted by Crippen LogP contribution is 2.17. The second-order valence-electron chi connectivity index (χ2n) is 4.65. The van der Waals surface area contributed by atoms with Crippen LogP contribution in [0.1, 0.15) is 10.4 Å². The molecule has 0 amide bonds. The van der Waals surface area contributed by atoms with E-state index in [1.54, 1.807) is 11.3 Å². The summed E-state index contributed by atoms with van der Waals surface area (Å²) >= 11 is 1.77. The maximum Gasteiger partial charge on any atom is 0.0992 e. The van der Waals surface area contributed by atoms with Crippen LogP contribution >= 0.6 is 11.3 Å². The van der Waals surface area contributed by atoms with E-state index in [1.807, 2.05) is 18.2 Å². The molecule has 1 aromatic carbocycles. The van der Waals surface area contributed by atoms with Crippen molar-refractivity contribution in [2.24, 2.45) is 0 Å². The number of nitriles is 1. The van der Waals surface area contributed by atoms with Gasteiger partial charge in [0.2, 0.25) is 0 Å². The number of hydrogen-bond donors (Lipinski definition) is 1. The van der Waals surface area contributed by atoms with Crippen molar-refractivity contribution in [3.05, 3.63) is 58.4 Å². The van der Waals surface area contributed by atoms with Gasteiger partial charge in [0.1, 0.15) is 0 Å². The molecule has 0 saturated carbocycles. The van der Waals surface area contributed by atoms with E-state index in [1.165, 1.54) is 10.3 Å². The van der Waals surface area contributed by atoms with Gasteiger partial charge in [-0.1, -0.05) is 12.1 Å². The Hall–Kier alpha value is -2.09. The van der Waals surface area contributed by atoms with Gasteiger partial charge in [0.25, 0.3) is 0 Å². The Balaban J connectivity index is 1.64. The Labute approximate surface area is 122 Å². The number of aromatic nitrogens is 1. The second kappa shape index (κ2) is 5.91. The maximum absolute atomic E-state index is 8.97. The van der Waals surface area contributed by atoms with Crippen molar-refractivity contribution in [1.29, 1.82) is 5.26 Å². The van der Waals surface area contributed by atoms with Gasteiger partial charge in [-0.3, -0.25) is 0 Å². The van der Waals surface area contributed by atoms with Crippen molar-refractivity contribution in [2.75, 3.05) is 6.54 Å². The fourth-order valence-corrected chi connectivity index (χ4v) is 2.95. The summed E-state index contributed by atoms with van der Waals surface area (Å²) in [5, 5.41) is 15.7. The summed E-state index contributed by atoms with van der Waals surface area (Å²) in [5.74, 6) is 0. The highest BCUT2D eigenvalue weighted by molar-refractivity contribution is 7.09. The molecule has 0 aliphatic carbocycles. The number of nitrogens with zero attached hydrogens (tertiary/aromatic N) is 2. The third-order valence-corrected chi connectivity index (χ3v) is 4.19. The van der Waals surface area contributed by atoms with Gasteiger partial charge < -0.3 is 9.88 Å². The van der Waals surface area contributed by atoms with Gasteiger partial charge in [0, 0.05) is 36.2 Å². The van der Waals surface area contributed by atoms with Crippen molar-refractivity contribution in [1.82, 2.24) is 9.88 Å². The van der Waals surface area contributed by atoms with Gasteiger partial charge in [-0.25, -0.2) is 0 Å². The molecule has 0 bridgehead atoms. The first-order valence-electron chi connectivity index (χ1n) is 6.59. The molecule has 0 radical (unpaired) electrons. The minimum absolute atomic E-state index is 0.712. The zero-order chi connectivity index (χ0) is 13.8. The number of thiophene rings is 1. The Bertz CT molecular complexity index is 735. The molecular formula is C16H15N3S. The number of hydrogen-bond acceptors (Lipinski definition) is 3. The van der Waals surface area contributed by atoms with Gasteiger partial charge in [-0.05, 0) is 35.0 Å². The molecular weight excluding hydrogens is 266 g/mol. The summed E-state index contributed by atoms with van der Waals surface area (Å²) in [4.78, 5) is 1.36. The van der Waals surface area contributed by atoms with E-state index in [0.717, 1.165) is 25.2 Å². The van der Waals surface area contributed by atoms with Gasteiger partial charge in [-0.15, -0.1) is 11.3 Å². The number of rotatable bonds is 5. The third kappa shape index (κ3) is 2.74. The summed E-state index contributed by atoms with van der Waals surface area (Å²) < 4.78 is 2.19. The minimum atomic E-state index is 0.712. The lowest BCUT2D eigenvalue weighted by Gasteiger charge is -2.07. The summed E-state index contributed by atoms with van der Waals surface area (Å²) in [5.41, 5.74) is 1.84. The van der Waals surface area contributed by atoms with Crippen LogP contribution < -0.4 is 5.32 Å². The molecule has 3 aromatic rings. The van der Waals surface area contributed by atoms with Crippen LogP contribution in [0.15, 0.2) is 48.0 Å². The Morgan fingerprint density at radius 3 is 3.00 bits per heavy atom. The monoisotopic (exact) mass is 281 g/mol. The van der Waals surface area contributed by atoms with E-state index < -0.39 is 0 Å². The first kappa shape index (κ1) is 12.9. The summed E-state index contributed by atoms with van der Waals surface area (Å²) in [6.07, 6.45) is 2.08. The molecule has 0 spiro atoms. The average molecular weight is 281 g/mol. The molecule has 0 aliphatic heterocycles. The Morgan fingerprint density at radius 2 is 2.20 bits per heavy atom. The smallest absolute Gasteiger partial charge is 0.0992 e. The molecule has 2 aromatic heterocycles. The minimum Gasteiger partial charge on any atom is -0.346 e. The lowest BCUT2D eigenvalue weighted by molar-refractivity contribution is 0.613. The molecule has 0 unspecified atom stereocenters. The summed E-state index contributed by atoms with van der Waals surface area (Å²) in [6, 6.07) is 14.3. The van der Waals surface area contributed by atoms with Gasteiger partial charge in [-0.2, -0.15) is 5.26 Å². The molecule has 1 N–H and O–H groups in total. The molecule has 0 fully saturated rings. The van der Waals surface area contributed by atoms with Crippen LogP contribution in [-0.4, -0.2) is 11.1 Å². The normalized spacial score (nSPS) is 10.8. The van der Waals surface area contributed by atoms with E-state index >= 15 is 0 Å². The number of fused-ring (bicyclic) bond motifs is 1. The largest absolute Gasteiger partial charge is 0.346 e. The number of benzene rings is 1. The van der Waals surface area contributed by atoms with Crippen molar-refractivity contribution in [2.45, 2.75) is 13.1 Å². The Morgan fingerprint density at radius 1 is 1.25 bits per heavy atom. The van der Waals surface area contributed by atoms with Gasteiger partial charge >= 0.3 is 0 Å². The van der Waals surface area contributed by atoms with E-state index in [-0.39, 0.29) is 0 Å². The quantitative estimate of drug-likeness (QED) is 0.728. The highest BCUT2D eigenvalue weighted by Gasteiger charge is 2.02. The van der Waals surface area contributed by atoms with Gasteiger partial charge in [0.15, 0.2) is 0 Å². The lowest BCUT2D eigenvalue weighted by Crippen LogP contribution is -2.18. The first-order chi connectivity index (χ1) is 9.86.